The maximum atomic E-state index is 13.0. The maximum absolute atomic E-state index is 13.0. The number of rotatable bonds is 7. The lowest BCUT2D eigenvalue weighted by Crippen LogP contribution is -2.43. The molecule has 1 fully saturated rings. The van der Waals surface area contributed by atoms with Crippen molar-refractivity contribution < 1.29 is 17.9 Å². The highest BCUT2D eigenvalue weighted by atomic mass is 32.2. The van der Waals surface area contributed by atoms with E-state index in [1.54, 1.807) is 31.4 Å². The van der Waals surface area contributed by atoms with Gasteiger partial charge in [0, 0.05) is 19.0 Å². The number of hydrogen-bond donors (Lipinski definition) is 1. The summed E-state index contributed by atoms with van der Waals surface area (Å²) in [6, 6.07) is 13.1. The lowest BCUT2D eigenvalue weighted by molar-refractivity contribution is -0.126. The molecule has 6 nitrogen and oxygen atoms in total. The van der Waals surface area contributed by atoms with Crippen molar-refractivity contribution in [2.75, 3.05) is 20.2 Å². The summed E-state index contributed by atoms with van der Waals surface area (Å²) in [5, 5.41) is 3.24. The molecular formula is C26H34N2O4S. The number of fused-ring (bicyclic) bond motifs is 1. The zero-order valence-corrected chi connectivity index (χ0v) is 20.4. The van der Waals surface area contributed by atoms with Gasteiger partial charge >= 0.3 is 0 Å². The van der Waals surface area contributed by atoms with Crippen LogP contribution >= 0.6 is 0 Å². The molecule has 1 aliphatic heterocycles. The Hall–Kier alpha value is -2.38. The maximum Gasteiger partial charge on any atom is 0.243 e. The third-order valence-electron chi connectivity index (χ3n) is 7.02. The number of carbonyl (C=O) groups excluding carboxylic acids is 1. The Labute approximate surface area is 197 Å². The molecule has 1 saturated heterocycles. The van der Waals surface area contributed by atoms with Gasteiger partial charge in [-0.25, -0.2) is 8.42 Å². The second-order valence-corrected chi connectivity index (χ2v) is 11.0. The van der Waals surface area contributed by atoms with Crippen molar-refractivity contribution >= 4 is 15.9 Å². The molecule has 0 saturated carbocycles. The number of methoxy groups -OCH3 is 1. The van der Waals surface area contributed by atoms with Crippen LogP contribution in [0.25, 0.3) is 0 Å². The predicted molar refractivity (Wildman–Crippen MR) is 129 cm³/mol. The van der Waals surface area contributed by atoms with Crippen LogP contribution in [0, 0.1) is 5.92 Å². The molecule has 0 radical (unpaired) electrons. The van der Waals surface area contributed by atoms with Gasteiger partial charge in [-0.1, -0.05) is 25.1 Å². The number of benzene rings is 2. The van der Waals surface area contributed by atoms with Crippen molar-refractivity contribution in [1.29, 1.82) is 0 Å². The predicted octanol–water partition coefficient (Wildman–Crippen LogP) is 4.24. The molecule has 2 aliphatic rings. The van der Waals surface area contributed by atoms with Gasteiger partial charge in [0.1, 0.15) is 5.75 Å². The van der Waals surface area contributed by atoms with Crippen LogP contribution in [0.15, 0.2) is 47.4 Å². The molecule has 4 rings (SSSR count). The van der Waals surface area contributed by atoms with Crippen LogP contribution in [0.4, 0.5) is 0 Å². The molecule has 0 aromatic heterocycles. The minimum atomic E-state index is -3.57. The molecule has 1 amide bonds. The zero-order chi connectivity index (χ0) is 23.4. The van der Waals surface area contributed by atoms with Crippen molar-refractivity contribution in [3.05, 3.63) is 59.2 Å². The molecule has 1 aliphatic carbocycles. The van der Waals surface area contributed by atoms with Crippen molar-refractivity contribution in [2.45, 2.75) is 62.8 Å². The number of nitrogens with zero attached hydrogens (tertiary/aromatic N) is 1. The van der Waals surface area contributed by atoms with E-state index in [9.17, 15) is 13.2 Å². The first-order valence-electron chi connectivity index (χ1n) is 12.0. The van der Waals surface area contributed by atoms with Gasteiger partial charge in [-0.15, -0.1) is 0 Å². The highest BCUT2D eigenvalue weighted by Crippen LogP contribution is 2.28. The minimum absolute atomic E-state index is 0.00853. The second-order valence-electron chi connectivity index (χ2n) is 9.06. The van der Waals surface area contributed by atoms with E-state index in [1.807, 2.05) is 0 Å². The summed E-state index contributed by atoms with van der Waals surface area (Å²) in [5.41, 5.74) is 4.03. The van der Waals surface area contributed by atoms with Crippen LogP contribution < -0.4 is 10.1 Å². The quantitative estimate of drug-likeness (QED) is 0.657. The number of aryl methyl sites for hydroxylation is 2. The van der Waals surface area contributed by atoms with Gasteiger partial charge in [-0.05, 0) is 85.9 Å². The standard InChI is InChI=1S/C26H34N2O4S/c1-3-25(22-9-8-19-6-4-5-7-21(19)18-22)27-26(29)20-14-16-28(17-15-20)33(30,31)24-12-10-23(32-2)11-13-24/h8-13,18,20,25H,3-7,14-17H2,1-2H3,(H,27,29)/t25-/m1/s1. The first-order valence-corrected chi connectivity index (χ1v) is 13.4. The Morgan fingerprint density at radius 3 is 2.36 bits per heavy atom. The van der Waals surface area contributed by atoms with E-state index in [0.29, 0.717) is 31.7 Å². The first kappa shape index (κ1) is 23.8. The summed E-state index contributed by atoms with van der Waals surface area (Å²) >= 11 is 0. The second kappa shape index (κ2) is 10.3. The van der Waals surface area contributed by atoms with Gasteiger partial charge in [-0.2, -0.15) is 4.31 Å². The normalized spacial score (nSPS) is 18.4. The summed E-state index contributed by atoms with van der Waals surface area (Å²) in [6.45, 7) is 2.79. The van der Waals surface area contributed by atoms with E-state index in [2.05, 4.69) is 30.4 Å². The van der Waals surface area contributed by atoms with Crippen molar-refractivity contribution in [2.24, 2.45) is 5.92 Å². The number of hydrogen-bond acceptors (Lipinski definition) is 4. The van der Waals surface area contributed by atoms with E-state index in [-0.39, 0.29) is 22.8 Å². The van der Waals surface area contributed by atoms with E-state index in [1.165, 1.54) is 33.8 Å². The fourth-order valence-electron chi connectivity index (χ4n) is 4.94. The zero-order valence-electron chi connectivity index (χ0n) is 19.5. The Bertz CT molecular complexity index is 1070. The molecule has 0 spiro atoms. The van der Waals surface area contributed by atoms with Gasteiger partial charge in [0.2, 0.25) is 15.9 Å². The summed E-state index contributed by atoms with van der Waals surface area (Å²) in [5.74, 6) is 0.480. The summed E-state index contributed by atoms with van der Waals surface area (Å²) < 4.78 is 32.5. The number of piperidine rings is 1. The van der Waals surface area contributed by atoms with Crippen LogP contribution in [0.1, 0.15) is 61.8 Å². The highest BCUT2D eigenvalue weighted by molar-refractivity contribution is 7.89. The molecule has 33 heavy (non-hydrogen) atoms. The number of amides is 1. The first-order chi connectivity index (χ1) is 15.9. The van der Waals surface area contributed by atoms with Crippen LogP contribution in [-0.2, 0) is 27.7 Å². The molecule has 2 aromatic rings. The number of nitrogens with one attached hydrogen (secondary N) is 1. The fourth-order valence-corrected chi connectivity index (χ4v) is 6.41. The van der Waals surface area contributed by atoms with E-state index in [4.69, 9.17) is 4.74 Å². The fraction of sp³-hybridized carbons (Fsp3) is 0.500. The molecule has 1 heterocycles. The minimum Gasteiger partial charge on any atom is -0.497 e. The van der Waals surface area contributed by atoms with Crippen LogP contribution in [-0.4, -0.2) is 38.8 Å². The lowest BCUT2D eigenvalue weighted by atomic mass is 9.88. The summed E-state index contributed by atoms with van der Waals surface area (Å²) in [6.07, 6.45) is 6.65. The molecule has 178 valence electrons. The van der Waals surface area contributed by atoms with Gasteiger partial charge in [0.25, 0.3) is 0 Å². The number of ether oxygens (including phenoxy) is 1. The van der Waals surface area contributed by atoms with E-state index < -0.39 is 10.0 Å². The van der Waals surface area contributed by atoms with Crippen LogP contribution in [0.2, 0.25) is 0 Å². The van der Waals surface area contributed by atoms with Crippen molar-refractivity contribution in [1.82, 2.24) is 9.62 Å². The number of carbonyl (C=O) groups is 1. The Kier molecular flexibility index (Phi) is 7.39. The molecule has 0 unspecified atom stereocenters. The average Bonchev–Trinajstić information content (AvgIpc) is 2.87. The third-order valence-corrected chi connectivity index (χ3v) is 8.93. The Balaban J connectivity index is 1.36. The van der Waals surface area contributed by atoms with Crippen molar-refractivity contribution in [3.63, 3.8) is 0 Å². The third kappa shape index (κ3) is 5.25. The number of sulfonamides is 1. The lowest BCUT2D eigenvalue weighted by Gasteiger charge is -2.31. The van der Waals surface area contributed by atoms with Crippen LogP contribution in [0.5, 0.6) is 5.75 Å². The monoisotopic (exact) mass is 470 g/mol. The molecule has 1 atom stereocenters. The molecule has 7 heteroatoms. The van der Waals surface area contributed by atoms with E-state index >= 15 is 0 Å². The topological polar surface area (TPSA) is 75.7 Å². The van der Waals surface area contributed by atoms with E-state index in [0.717, 1.165) is 19.3 Å². The molecule has 0 bridgehead atoms. The average molecular weight is 471 g/mol. The van der Waals surface area contributed by atoms with Gasteiger partial charge in [0.15, 0.2) is 0 Å². The van der Waals surface area contributed by atoms with Gasteiger partial charge < -0.3 is 10.1 Å². The SMILES string of the molecule is CC[C@@H](NC(=O)C1CCN(S(=O)(=O)c2ccc(OC)cc2)CC1)c1ccc2c(c1)CCCC2. The Morgan fingerprint density at radius 1 is 1.06 bits per heavy atom. The Morgan fingerprint density at radius 2 is 1.73 bits per heavy atom. The molecule has 2 aromatic carbocycles. The van der Waals surface area contributed by atoms with Crippen LogP contribution in [0.3, 0.4) is 0 Å². The van der Waals surface area contributed by atoms with Gasteiger partial charge in [0.05, 0.1) is 18.0 Å². The van der Waals surface area contributed by atoms with Gasteiger partial charge in [-0.3, -0.25) is 4.79 Å². The highest BCUT2D eigenvalue weighted by Gasteiger charge is 2.32. The summed E-state index contributed by atoms with van der Waals surface area (Å²) in [7, 11) is -2.02. The largest absolute Gasteiger partial charge is 0.497 e. The molecular weight excluding hydrogens is 436 g/mol. The smallest absolute Gasteiger partial charge is 0.243 e. The van der Waals surface area contributed by atoms with Crippen molar-refractivity contribution in [3.8, 4) is 5.75 Å². The molecule has 1 N–H and O–H groups in total. The summed E-state index contributed by atoms with van der Waals surface area (Å²) in [4.78, 5) is 13.3.